The number of thiophene rings is 1. The Bertz CT molecular complexity index is 584. The number of aliphatic hydroxyl groups excluding tert-OH is 1. The minimum atomic E-state index is -0.550. The van der Waals surface area contributed by atoms with Gasteiger partial charge in [0.05, 0.1) is 12.6 Å². The number of aliphatic imine (C=N–C) groups is 1. The lowest BCUT2D eigenvalue weighted by Crippen LogP contribution is -2.39. The normalized spacial score (nSPS) is 12.4. The van der Waals surface area contributed by atoms with Gasteiger partial charge in [-0.3, -0.25) is 0 Å². The molecule has 0 amide bonds. The molecular formula is C17H24IN3OS. The van der Waals surface area contributed by atoms with Crippen molar-refractivity contribution in [2.45, 2.75) is 26.5 Å². The van der Waals surface area contributed by atoms with Crippen LogP contribution in [-0.2, 0) is 6.54 Å². The lowest BCUT2D eigenvalue weighted by Gasteiger charge is -2.15. The van der Waals surface area contributed by atoms with Gasteiger partial charge in [-0.1, -0.05) is 29.8 Å². The van der Waals surface area contributed by atoms with Gasteiger partial charge in [-0.2, -0.15) is 11.3 Å². The molecule has 0 aliphatic carbocycles. The van der Waals surface area contributed by atoms with Crippen molar-refractivity contribution in [2.24, 2.45) is 4.99 Å². The van der Waals surface area contributed by atoms with Gasteiger partial charge < -0.3 is 15.7 Å². The molecule has 1 aromatic carbocycles. The number of nitrogens with zero attached hydrogens (tertiary/aromatic N) is 1. The van der Waals surface area contributed by atoms with Crippen molar-refractivity contribution in [3.63, 3.8) is 0 Å². The molecule has 4 nitrogen and oxygen atoms in total. The van der Waals surface area contributed by atoms with Crippen LogP contribution in [0.2, 0.25) is 0 Å². The summed E-state index contributed by atoms with van der Waals surface area (Å²) in [6, 6.07) is 10.00. The zero-order chi connectivity index (χ0) is 15.8. The SMILES string of the molecule is CCNC(=NCc1ccsc1)NCC(O)c1ccc(C)cc1.I. The third kappa shape index (κ3) is 6.88. The van der Waals surface area contributed by atoms with Crippen LogP contribution in [0, 0.1) is 6.92 Å². The Morgan fingerprint density at radius 3 is 2.57 bits per heavy atom. The van der Waals surface area contributed by atoms with Crippen LogP contribution in [0.3, 0.4) is 0 Å². The van der Waals surface area contributed by atoms with Crippen molar-refractivity contribution in [1.29, 1.82) is 0 Å². The van der Waals surface area contributed by atoms with Crippen molar-refractivity contribution in [1.82, 2.24) is 10.6 Å². The van der Waals surface area contributed by atoms with E-state index in [2.05, 4.69) is 27.1 Å². The van der Waals surface area contributed by atoms with E-state index in [0.29, 0.717) is 13.1 Å². The second-order valence-corrected chi connectivity index (χ2v) is 5.91. The van der Waals surface area contributed by atoms with Gasteiger partial charge in [0.1, 0.15) is 0 Å². The van der Waals surface area contributed by atoms with Gasteiger partial charge in [-0.15, -0.1) is 24.0 Å². The molecule has 3 N–H and O–H groups in total. The van der Waals surface area contributed by atoms with Crippen LogP contribution in [0.25, 0.3) is 0 Å². The first-order valence-corrected chi connectivity index (χ1v) is 8.41. The summed E-state index contributed by atoms with van der Waals surface area (Å²) in [4.78, 5) is 4.53. The molecule has 1 unspecified atom stereocenters. The predicted octanol–water partition coefficient (Wildman–Crippen LogP) is 3.46. The highest BCUT2D eigenvalue weighted by atomic mass is 127. The van der Waals surface area contributed by atoms with E-state index < -0.39 is 6.10 Å². The summed E-state index contributed by atoms with van der Waals surface area (Å²) in [6.45, 7) is 5.92. The van der Waals surface area contributed by atoms with Gasteiger partial charge in [0, 0.05) is 13.1 Å². The van der Waals surface area contributed by atoms with E-state index in [-0.39, 0.29) is 24.0 Å². The topological polar surface area (TPSA) is 56.7 Å². The van der Waals surface area contributed by atoms with E-state index >= 15 is 0 Å². The number of hydrogen-bond acceptors (Lipinski definition) is 3. The van der Waals surface area contributed by atoms with Crippen LogP contribution in [0.1, 0.15) is 29.7 Å². The zero-order valence-corrected chi connectivity index (χ0v) is 16.6. The average molecular weight is 445 g/mol. The van der Waals surface area contributed by atoms with Gasteiger partial charge in [0.15, 0.2) is 5.96 Å². The number of benzene rings is 1. The van der Waals surface area contributed by atoms with Gasteiger partial charge in [0.25, 0.3) is 0 Å². The Morgan fingerprint density at radius 1 is 1.22 bits per heavy atom. The van der Waals surface area contributed by atoms with Gasteiger partial charge >= 0.3 is 0 Å². The first-order valence-electron chi connectivity index (χ1n) is 7.47. The molecule has 0 spiro atoms. The fraction of sp³-hybridized carbons (Fsp3) is 0.353. The molecule has 2 rings (SSSR count). The number of aliphatic hydroxyl groups is 1. The van der Waals surface area contributed by atoms with Crippen molar-refractivity contribution in [3.8, 4) is 0 Å². The third-order valence-electron chi connectivity index (χ3n) is 3.27. The van der Waals surface area contributed by atoms with Crippen molar-refractivity contribution in [3.05, 3.63) is 57.8 Å². The molecule has 6 heteroatoms. The van der Waals surface area contributed by atoms with E-state index in [1.807, 2.05) is 43.5 Å². The molecule has 0 aliphatic heterocycles. The zero-order valence-electron chi connectivity index (χ0n) is 13.5. The molecule has 1 aromatic heterocycles. The van der Waals surface area contributed by atoms with Crippen LogP contribution in [0.5, 0.6) is 0 Å². The second-order valence-electron chi connectivity index (χ2n) is 5.13. The molecule has 0 fully saturated rings. The van der Waals surface area contributed by atoms with Crippen LogP contribution in [0.15, 0.2) is 46.1 Å². The van der Waals surface area contributed by atoms with Crippen LogP contribution < -0.4 is 10.6 Å². The highest BCUT2D eigenvalue weighted by molar-refractivity contribution is 14.0. The second kappa shape index (κ2) is 10.6. The van der Waals surface area contributed by atoms with Gasteiger partial charge in [-0.25, -0.2) is 4.99 Å². The molecule has 23 heavy (non-hydrogen) atoms. The molecule has 0 radical (unpaired) electrons. The molecule has 0 saturated heterocycles. The monoisotopic (exact) mass is 445 g/mol. The average Bonchev–Trinajstić information content (AvgIpc) is 3.04. The molecule has 0 bridgehead atoms. The Hall–Kier alpha value is -1.12. The molecule has 0 aliphatic rings. The Labute approximate surface area is 159 Å². The molecule has 0 saturated carbocycles. The highest BCUT2D eigenvalue weighted by Crippen LogP contribution is 2.12. The highest BCUT2D eigenvalue weighted by Gasteiger charge is 2.08. The van der Waals surface area contributed by atoms with E-state index in [4.69, 9.17) is 0 Å². The number of aryl methyl sites for hydroxylation is 1. The lowest BCUT2D eigenvalue weighted by molar-refractivity contribution is 0.181. The Kier molecular flexibility index (Phi) is 9.20. The Balaban J connectivity index is 0.00000264. The minimum Gasteiger partial charge on any atom is -0.387 e. The maximum absolute atomic E-state index is 10.2. The first-order chi connectivity index (χ1) is 10.7. The summed E-state index contributed by atoms with van der Waals surface area (Å²) in [5.74, 6) is 0.722. The fourth-order valence-electron chi connectivity index (χ4n) is 1.99. The largest absolute Gasteiger partial charge is 0.387 e. The van der Waals surface area contributed by atoms with Gasteiger partial charge in [0.2, 0.25) is 0 Å². The van der Waals surface area contributed by atoms with Crippen molar-refractivity contribution in [2.75, 3.05) is 13.1 Å². The summed E-state index contributed by atoms with van der Waals surface area (Å²) < 4.78 is 0. The van der Waals surface area contributed by atoms with Gasteiger partial charge in [-0.05, 0) is 41.8 Å². The van der Waals surface area contributed by atoms with Crippen LogP contribution in [0.4, 0.5) is 0 Å². The number of guanidine groups is 1. The molecule has 126 valence electrons. The Morgan fingerprint density at radius 2 is 1.96 bits per heavy atom. The summed E-state index contributed by atoms with van der Waals surface area (Å²) in [6.07, 6.45) is -0.550. The number of hydrogen-bond donors (Lipinski definition) is 3. The summed E-state index contributed by atoms with van der Waals surface area (Å²) in [7, 11) is 0. The van der Waals surface area contributed by atoms with Crippen molar-refractivity contribution < 1.29 is 5.11 Å². The number of rotatable bonds is 6. The molecular weight excluding hydrogens is 421 g/mol. The van der Waals surface area contributed by atoms with Crippen molar-refractivity contribution >= 4 is 41.3 Å². The predicted molar refractivity (Wildman–Crippen MR) is 109 cm³/mol. The standard InChI is InChI=1S/C17H23N3OS.HI/c1-3-18-17(19-10-14-8-9-22-12-14)20-11-16(21)15-6-4-13(2)5-7-15;/h4-9,12,16,21H,3,10-11H2,1-2H3,(H2,18,19,20);1H. The smallest absolute Gasteiger partial charge is 0.191 e. The van der Waals surface area contributed by atoms with E-state index in [1.54, 1.807) is 11.3 Å². The number of halogens is 1. The number of nitrogens with one attached hydrogen (secondary N) is 2. The summed E-state index contributed by atoms with van der Waals surface area (Å²) >= 11 is 1.67. The first kappa shape index (κ1) is 19.9. The molecule has 1 heterocycles. The molecule has 2 aromatic rings. The van der Waals surface area contributed by atoms with Crippen LogP contribution in [-0.4, -0.2) is 24.2 Å². The third-order valence-corrected chi connectivity index (χ3v) is 4.00. The summed E-state index contributed by atoms with van der Waals surface area (Å²) in [5, 5.41) is 20.8. The quantitative estimate of drug-likeness (QED) is 0.363. The maximum Gasteiger partial charge on any atom is 0.191 e. The van der Waals surface area contributed by atoms with E-state index in [1.165, 1.54) is 11.1 Å². The summed E-state index contributed by atoms with van der Waals surface area (Å²) in [5.41, 5.74) is 3.29. The fourth-order valence-corrected chi connectivity index (χ4v) is 2.65. The molecule has 1 atom stereocenters. The van der Waals surface area contributed by atoms with E-state index in [0.717, 1.165) is 18.1 Å². The lowest BCUT2D eigenvalue weighted by atomic mass is 10.1. The maximum atomic E-state index is 10.2. The minimum absolute atomic E-state index is 0. The van der Waals surface area contributed by atoms with E-state index in [9.17, 15) is 5.11 Å². The van der Waals surface area contributed by atoms with Crippen LogP contribution >= 0.6 is 35.3 Å².